The van der Waals surface area contributed by atoms with Crippen LogP contribution in [0.4, 0.5) is 18.9 Å². The van der Waals surface area contributed by atoms with E-state index in [9.17, 15) is 22.8 Å². The minimum atomic E-state index is -4.61. The van der Waals surface area contributed by atoms with Crippen LogP contribution in [0.1, 0.15) is 5.56 Å². The number of Topliss-reactive ketones (excluding diaryl/α,β-unsaturated/α-hetero) is 1. The number of halogens is 3. The van der Waals surface area contributed by atoms with E-state index in [4.69, 9.17) is 5.11 Å². The van der Waals surface area contributed by atoms with Crippen LogP contribution in [0.25, 0.3) is 0 Å². The smallest absolute Gasteiger partial charge is 0.418 e. The zero-order chi connectivity index (χ0) is 14.2. The number of aliphatic carboxylic acids is 1. The standard InChI is InChI=1S/C11H7F3N2O3/c12-11(13,14)6-3-1-2-4-7(6)16-5-8(17)9(15-16)10(18)19/h1-4H,5H2,(H,18,19). The van der Waals surface area contributed by atoms with Crippen LogP contribution in [0.15, 0.2) is 29.4 Å². The molecule has 0 saturated heterocycles. The number of carboxylic acid groups (broad SMARTS) is 1. The summed E-state index contributed by atoms with van der Waals surface area (Å²) < 4.78 is 38.3. The molecule has 1 N–H and O–H groups in total. The summed E-state index contributed by atoms with van der Waals surface area (Å²) >= 11 is 0. The number of alkyl halides is 3. The largest absolute Gasteiger partial charge is 0.476 e. The number of anilines is 1. The normalized spacial score (nSPS) is 15.6. The van der Waals surface area contributed by atoms with Gasteiger partial charge < -0.3 is 5.11 Å². The monoisotopic (exact) mass is 272 g/mol. The van der Waals surface area contributed by atoms with Crippen molar-refractivity contribution in [3.05, 3.63) is 29.8 Å². The number of benzene rings is 1. The van der Waals surface area contributed by atoms with E-state index in [2.05, 4.69) is 5.10 Å². The number of hydrazone groups is 1. The molecule has 1 aliphatic heterocycles. The molecule has 0 unspecified atom stereocenters. The third kappa shape index (κ3) is 2.42. The molecule has 0 aliphatic carbocycles. The summed E-state index contributed by atoms with van der Waals surface area (Å²) in [5, 5.41) is 12.8. The van der Waals surface area contributed by atoms with Crippen LogP contribution in [-0.4, -0.2) is 29.1 Å². The number of rotatable bonds is 2. The van der Waals surface area contributed by atoms with Crippen molar-refractivity contribution in [2.24, 2.45) is 5.10 Å². The molecule has 0 bridgehead atoms. The fraction of sp³-hybridized carbons (Fsp3) is 0.182. The molecule has 0 saturated carbocycles. The number of hydrogen-bond acceptors (Lipinski definition) is 4. The molecular formula is C11H7F3N2O3. The number of carboxylic acids is 1. The van der Waals surface area contributed by atoms with Gasteiger partial charge in [0.05, 0.1) is 11.3 Å². The summed E-state index contributed by atoms with van der Waals surface area (Å²) in [6, 6.07) is 4.52. The van der Waals surface area contributed by atoms with E-state index in [1.807, 2.05) is 0 Å². The lowest BCUT2D eigenvalue weighted by atomic mass is 10.1. The topological polar surface area (TPSA) is 70.0 Å². The summed E-state index contributed by atoms with van der Waals surface area (Å²) in [6.45, 7) is -0.519. The molecule has 0 radical (unpaired) electrons. The first-order valence-electron chi connectivity index (χ1n) is 5.09. The Morgan fingerprint density at radius 3 is 2.47 bits per heavy atom. The summed E-state index contributed by atoms with van der Waals surface area (Å²) in [5.74, 6) is -2.39. The highest BCUT2D eigenvalue weighted by atomic mass is 19.4. The average Bonchev–Trinajstić information content (AvgIpc) is 2.70. The van der Waals surface area contributed by atoms with Gasteiger partial charge in [-0.3, -0.25) is 9.80 Å². The first-order chi connectivity index (χ1) is 8.80. The van der Waals surface area contributed by atoms with Crippen LogP contribution in [0.5, 0.6) is 0 Å². The molecule has 1 aromatic rings. The van der Waals surface area contributed by atoms with E-state index >= 15 is 0 Å². The van der Waals surface area contributed by atoms with Gasteiger partial charge in [-0.1, -0.05) is 12.1 Å². The van der Waals surface area contributed by atoms with Gasteiger partial charge in [0.2, 0.25) is 11.5 Å². The second-order valence-corrected chi connectivity index (χ2v) is 3.75. The van der Waals surface area contributed by atoms with Crippen LogP contribution >= 0.6 is 0 Å². The fourth-order valence-corrected chi connectivity index (χ4v) is 1.66. The maximum Gasteiger partial charge on any atom is 0.418 e. The number of carbonyl (C=O) groups excluding carboxylic acids is 1. The highest BCUT2D eigenvalue weighted by molar-refractivity contribution is 6.65. The molecule has 0 aromatic heterocycles. The van der Waals surface area contributed by atoms with Gasteiger partial charge >= 0.3 is 12.1 Å². The lowest BCUT2D eigenvalue weighted by molar-refractivity contribution is -0.137. The molecule has 8 heteroatoms. The SMILES string of the molecule is O=C(O)C1=NN(c2ccccc2C(F)(F)F)CC1=O. The Kier molecular flexibility index (Phi) is 3.01. The molecule has 0 spiro atoms. The maximum atomic E-state index is 12.8. The predicted molar refractivity (Wildman–Crippen MR) is 58.9 cm³/mol. The Balaban J connectivity index is 2.45. The van der Waals surface area contributed by atoms with Gasteiger partial charge in [0.25, 0.3) is 0 Å². The minimum absolute atomic E-state index is 0.348. The highest BCUT2D eigenvalue weighted by Crippen LogP contribution is 2.37. The lowest BCUT2D eigenvalue weighted by Gasteiger charge is -2.18. The van der Waals surface area contributed by atoms with Gasteiger partial charge in [0.1, 0.15) is 6.54 Å². The van der Waals surface area contributed by atoms with Gasteiger partial charge in [0.15, 0.2) is 0 Å². The molecule has 0 fully saturated rings. The lowest BCUT2D eigenvalue weighted by Crippen LogP contribution is -2.24. The van der Waals surface area contributed by atoms with Crippen LogP contribution in [0, 0.1) is 0 Å². The van der Waals surface area contributed by atoms with Gasteiger partial charge in [-0.05, 0) is 12.1 Å². The van der Waals surface area contributed by atoms with Crippen molar-refractivity contribution in [2.45, 2.75) is 6.18 Å². The molecule has 5 nitrogen and oxygen atoms in total. The Bertz CT molecular complexity index is 581. The van der Waals surface area contributed by atoms with Crippen molar-refractivity contribution in [2.75, 3.05) is 11.6 Å². The highest BCUT2D eigenvalue weighted by Gasteiger charge is 2.37. The van der Waals surface area contributed by atoms with E-state index in [1.54, 1.807) is 0 Å². The van der Waals surface area contributed by atoms with Crippen LogP contribution in [0.2, 0.25) is 0 Å². The number of para-hydroxylation sites is 1. The quantitative estimate of drug-likeness (QED) is 0.886. The van der Waals surface area contributed by atoms with E-state index < -0.39 is 35.7 Å². The zero-order valence-corrected chi connectivity index (χ0v) is 9.31. The Morgan fingerprint density at radius 2 is 1.95 bits per heavy atom. The van der Waals surface area contributed by atoms with Crippen molar-refractivity contribution < 1.29 is 27.9 Å². The molecular weight excluding hydrogens is 265 g/mol. The second-order valence-electron chi connectivity index (χ2n) is 3.75. The van der Waals surface area contributed by atoms with Crippen molar-refractivity contribution >= 4 is 23.2 Å². The molecule has 0 atom stereocenters. The molecule has 2 rings (SSSR count). The average molecular weight is 272 g/mol. The maximum absolute atomic E-state index is 12.8. The van der Waals surface area contributed by atoms with E-state index in [1.165, 1.54) is 12.1 Å². The zero-order valence-electron chi connectivity index (χ0n) is 9.31. The van der Waals surface area contributed by atoms with Crippen molar-refractivity contribution in [3.8, 4) is 0 Å². The summed E-state index contributed by atoms with van der Waals surface area (Å²) in [7, 11) is 0. The first kappa shape index (κ1) is 13.1. The van der Waals surface area contributed by atoms with Gasteiger partial charge in [-0.2, -0.15) is 18.3 Å². The van der Waals surface area contributed by atoms with Crippen LogP contribution < -0.4 is 5.01 Å². The first-order valence-corrected chi connectivity index (χ1v) is 5.09. The van der Waals surface area contributed by atoms with E-state index in [0.29, 0.717) is 0 Å². The third-order valence-corrected chi connectivity index (χ3v) is 2.47. The predicted octanol–water partition coefficient (Wildman–Crippen LogP) is 1.54. The molecule has 1 aliphatic rings. The Labute approximate surface area is 104 Å². The van der Waals surface area contributed by atoms with Gasteiger partial charge in [-0.15, -0.1) is 0 Å². The van der Waals surface area contributed by atoms with Gasteiger partial charge in [-0.25, -0.2) is 4.79 Å². The number of carbonyl (C=O) groups is 2. The van der Waals surface area contributed by atoms with Crippen LogP contribution in [0.3, 0.4) is 0 Å². The summed E-state index contributed by atoms with van der Waals surface area (Å²) in [4.78, 5) is 22.0. The Hall–Kier alpha value is -2.38. The second kappa shape index (κ2) is 4.38. The van der Waals surface area contributed by atoms with E-state index in [-0.39, 0.29) is 5.69 Å². The number of hydrogen-bond donors (Lipinski definition) is 1. The minimum Gasteiger partial charge on any atom is -0.476 e. The number of ketones is 1. The summed E-state index contributed by atoms with van der Waals surface area (Å²) in [6.07, 6.45) is -4.61. The molecule has 0 amide bonds. The van der Waals surface area contributed by atoms with Crippen molar-refractivity contribution in [3.63, 3.8) is 0 Å². The molecule has 1 aromatic carbocycles. The number of nitrogens with zero attached hydrogens (tertiary/aromatic N) is 2. The summed E-state index contributed by atoms with van der Waals surface area (Å²) in [5.41, 5.74) is -2.09. The Morgan fingerprint density at radius 1 is 1.32 bits per heavy atom. The van der Waals surface area contributed by atoms with Crippen molar-refractivity contribution in [1.29, 1.82) is 0 Å². The van der Waals surface area contributed by atoms with E-state index in [0.717, 1.165) is 17.1 Å². The van der Waals surface area contributed by atoms with Crippen LogP contribution in [-0.2, 0) is 15.8 Å². The fourth-order valence-electron chi connectivity index (χ4n) is 1.66. The van der Waals surface area contributed by atoms with Gasteiger partial charge in [0, 0.05) is 0 Å². The molecule has 100 valence electrons. The molecule has 19 heavy (non-hydrogen) atoms. The molecule has 1 heterocycles. The third-order valence-electron chi connectivity index (χ3n) is 2.47. The van der Waals surface area contributed by atoms with Crippen molar-refractivity contribution in [1.82, 2.24) is 0 Å².